The molecule has 0 aromatic rings. The fourth-order valence-corrected chi connectivity index (χ4v) is 0.453. The summed E-state index contributed by atoms with van der Waals surface area (Å²) in [6.07, 6.45) is 1.91. The Balaban J connectivity index is 3.52. The van der Waals surface area contributed by atoms with Gasteiger partial charge in [0.05, 0.1) is 4.32 Å². The highest BCUT2D eigenvalue weighted by Gasteiger charge is 2.05. The Morgan fingerprint density at radius 2 is 2.12 bits per heavy atom. The third-order valence-corrected chi connectivity index (χ3v) is 0.786. The maximum atomic E-state index is 4.07. The van der Waals surface area contributed by atoms with Gasteiger partial charge < -0.3 is 0 Å². The van der Waals surface area contributed by atoms with E-state index in [2.05, 4.69) is 34.8 Å². The summed E-state index contributed by atoms with van der Waals surface area (Å²) in [6.45, 7) is 7.02. The zero-order valence-corrected chi connectivity index (χ0v) is 7.20. The first kappa shape index (κ1) is 8.15. The Labute approximate surface area is 59.3 Å². The van der Waals surface area contributed by atoms with Gasteiger partial charge in [0.15, 0.2) is 0 Å². The van der Waals surface area contributed by atoms with Crippen molar-refractivity contribution in [2.24, 2.45) is 4.99 Å². The van der Waals surface area contributed by atoms with Crippen LogP contribution in [0.2, 0.25) is 0 Å². The maximum Gasteiger partial charge on any atom is 0.0548 e. The summed E-state index contributed by atoms with van der Waals surface area (Å²) in [7, 11) is 0. The van der Waals surface area contributed by atoms with Gasteiger partial charge in [-0.05, 0) is 20.8 Å². The predicted molar refractivity (Wildman–Crippen MR) is 42.0 cm³/mol. The number of halogens is 1. The van der Waals surface area contributed by atoms with E-state index in [0.717, 1.165) is 6.54 Å². The van der Waals surface area contributed by atoms with Gasteiger partial charge in [0, 0.05) is 12.8 Å². The van der Waals surface area contributed by atoms with Gasteiger partial charge in [-0.15, -0.1) is 0 Å². The third kappa shape index (κ3) is 6.15. The molecule has 0 N–H and O–H groups in total. The van der Waals surface area contributed by atoms with Crippen LogP contribution in [0.4, 0.5) is 0 Å². The lowest BCUT2D eigenvalue weighted by Gasteiger charge is -2.06. The van der Waals surface area contributed by atoms with Crippen LogP contribution in [0, 0.1) is 0 Å². The average molecular weight is 178 g/mol. The molecule has 0 saturated carbocycles. The van der Waals surface area contributed by atoms with Gasteiger partial charge in [0.2, 0.25) is 0 Å². The van der Waals surface area contributed by atoms with Crippen molar-refractivity contribution in [2.75, 3.05) is 6.54 Å². The number of hydrogen-bond donors (Lipinski definition) is 0. The topological polar surface area (TPSA) is 12.4 Å². The van der Waals surface area contributed by atoms with E-state index in [1.807, 2.05) is 13.1 Å². The molecule has 0 aromatic heterocycles. The largest absolute Gasteiger partial charge is 0.296 e. The van der Waals surface area contributed by atoms with Crippen molar-refractivity contribution >= 4 is 22.1 Å². The van der Waals surface area contributed by atoms with E-state index in [-0.39, 0.29) is 4.32 Å². The molecule has 2 heteroatoms. The number of nitrogens with zero attached hydrogens (tertiary/aromatic N) is 1. The van der Waals surface area contributed by atoms with Crippen molar-refractivity contribution in [3.05, 3.63) is 0 Å². The smallest absolute Gasteiger partial charge is 0.0548 e. The Kier molecular flexibility index (Phi) is 3.29. The molecule has 0 bridgehead atoms. The average Bonchev–Trinajstić information content (AvgIpc) is 1.59. The van der Waals surface area contributed by atoms with Crippen LogP contribution in [-0.4, -0.2) is 17.1 Å². The molecule has 0 amide bonds. The molecule has 0 radical (unpaired) electrons. The van der Waals surface area contributed by atoms with Crippen LogP contribution in [-0.2, 0) is 0 Å². The van der Waals surface area contributed by atoms with Crippen molar-refractivity contribution in [1.29, 1.82) is 0 Å². The van der Waals surface area contributed by atoms with Gasteiger partial charge in [-0.25, -0.2) is 0 Å². The highest BCUT2D eigenvalue weighted by atomic mass is 79.9. The number of hydrogen-bond acceptors (Lipinski definition) is 1. The Hall–Kier alpha value is 0.150. The van der Waals surface area contributed by atoms with Crippen LogP contribution < -0.4 is 0 Å². The van der Waals surface area contributed by atoms with E-state index in [0.29, 0.717) is 0 Å². The van der Waals surface area contributed by atoms with Crippen LogP contribution >= 0.6 is 15.9 Å². The first-order valence-electron chi connectivity index (χ1n) is 2.76. The predicted octanol–water partition coefficient (Wildman–Crippen LogP) is 2.25. The minimum absolute atomic E-state index is 0.0724. The van der Waals surface area contributed by atoms with E-state index in [1.165, 1.54) is 0 Å². The van der Waals surface area contributed by atoms with Crippen LogP contribution in [0.3, 0.4) is 0 Å². The molecule has 1 nitrogen and oxygen atoms in total. The molecule has 0 atom stereocenters. The van der Waals surface area contributed by atoms with E-state index >= 15 is 0 Å². The maximum absolute atomic E-state index is 4.07. The lowest BCUT2D eigenvalue weighted by molar-refractivity contribution is 0.977. The molecule has 0 aliphatic carbocycles. The zero-order chi connectivity index (χ0) is 6.62. The van der Waals surface area contributed by atoms with Gasteiger partial charge in [-0.2, -0.15) is 0 Å². The van der Waals surface area contributed by atoms with Crippen molar-refractivity contribution in [1.82, 2.24) is 0 Å². The minimum Gasteiger partial charge on any atom is -0.296 e. The summed E-state index contributed by atoms with van der Waals surface area (Å²) >= 11 is 3.43. The molecule has 0 rings (SSSR count). The van der Waals surface area contributed by atoms with Crippen LogP contribution in [0.1, 0.15) is 20.8 Å². The molecule has 8 heavy (non-hydrogen) atoms. The van der Waals surface area contributed by atoms with Gasteiger partial charge in [0.25, 0.3) is 0 Å². The Bertz CT molecular complexity index is 81.0. The number of aliphatic imine (C=N–C) groups is 1. The molecule has 0 aliphatic heterocycles. The second-order valence-corrected chi connectivity index (χ2v) is 4.24. The van der Waals surface area contributed by atoms with E-state index < -0.39 is 0 Å². The Morgan fingerprint density at radius 3 is 2.25 bits per heavy atom. The van der Waals surface area contributed by atoms with Gasteiger partial charge in [0.1, 0.15) is 0 Å². The van der Waals surface area contributed by atoms with Crippen molar-refractivity contribution in [3.63, 3.8) is 0 Å². The van der Waals surface area contributed by atoms with Crippen LogP contribution in [0.25, 0.3) is 0 Å². The zero-order valence-electron chi connectivity index (χ0n) is 5.61. The summed E-state index contributed by atoms with van der Waals surface area (Å²) in [5.41, 5.74) is 0. The molecular weight excluding hydrogens is 166 g/mol. The molecule has 0 aliphatic rings. The minimum atomic E-state index is 0.0724. The summed E-state index contributed by atoms with van der Waals surface area (Å²) in [5, 5.41) is 0. The van der Waals surface area contributed by atoms with Crippen LogP contribution in [0.5, 0.6) is 0 Å². The summed E-state index contributed by atoms with van der Waals surface area (Å²) in [5.74, 6) is 0. The van der Waals surface area contributed by atoms with Crippen molar-refractivity contribution in [2.45, 2.75) is 25.1 Å². The molecule has 0 saturated heterocycles. The molecular formula is C6H12BrN. The SMILES string of the molecule is CCN=CC(C)(C)Br. The number of rotatable bonds is 2. The monoisotopic (exact) mass is 177 g/mol. The molecule has 0 spiro atoms. The van der Waals surface area contributed by atoms with E-state index in [9.17, 15) is 0 Å². The van der Waals surface area contributed by atoms with Crippen molar-refractivity contribution < 1.29 is 0 Å². The summed E-state index contributed by atoms with van der Waals surface area (Å²) in [4.78, 5) is 4.07. The van der Waals surface area contributed by atoms with E-state index in [4.69, 9.17) is 0 Å². The molecule has 48 valence electrons. The fourth-order valence-electron chi connectivity index (χ4n) is 0.308. The van der Waals surface area contributed by atoms with Gasteiger partial charge in [-0.3, -0.25) is 4.99 Å². The van der Waals surface area contributed by atoms with Gasteiger partial charge in [-0.1, -0.05) is 15.9 Å². The summed E-state index contributed by atoms with van der Waals surface area (Å²) < 4.78 is 0.0724. The quantitative estimate of drug-likeness (QED) is 0.454. The Morgan fingerprint density at radius 1 is 1.62 bits per heavy atom. The van der Waals surface area contributed by atoms with Gasteiger partial charge >= 0.3 is 0 Å². The molecule has 0 fully saturated rings. The lowest BCUT2D eigenvalue weighted by atomic mass is 10.2. The molecule has 0 heterocycles. The first-order valence-corrected chi connectivity index (χ1v) is 3.55. The fraction of sp³-hybridized carbons (Fsp3) is 0.833. The normalized spacial score (nSPS) is 13.0. The van der Waals surface area contributed by atoms with Crippen molar-refractivity contribution in [3.8, 4) is 0 Å². The summed E-state index contributed by atoms with van der Waals surface area (Å²) in [6, 6.07) is 0. The standard InChI is InChI=1S/C6H12BrN/c1-4-8-5-6(2,3)7/h5H,4H2,1-3H3. The second-order valence-electron chi connectivity index (χ2n) is 2.19. The lowest BCUT2D eigenvalue weighted by Crippen LogP contribution is -2.10. The second kappa shape index (κ2) is 3.23. The molecule has 0 aromatic carbocycles. The van der Waals surface area contributed by atoms with E-state index in [1.54, 1.807) is 0 Å². The van der Waals surface area contributed by atoms with Crippen LogP contribution in [0.15, 0.2) is 4.99 Å². The first-order chi connectivity index (χ1) is 3.56. The highest BCUT2D eigenvalue weighted by Crippen LogP contribution is 2.11. The third-order valence-electron chi connectivity index (χ3n) is 0.581. The molecule has 0 unspecified atom stereocenters. The number of alkyl halides is 1. The highest BCUT2D eigenvalue weighted by molar-refractivity contribution is 9.10.